The fourth-order valence-electron chi connectivity index (χ4n) is 6.02. The van der Waals surface area contributed by atoms with Gasteiger partial charge in [-0.15, -0.1) is 11.3 Å². The maximum Gasteiger partial charge on any atom is 0.494 e. The first-order valence-electron chi connectivity index (χ1n) is 14.6. The highest BCUT2D eigenvalue weighted by Crippen LogP contribution is 2.38. The lowest BCUT2D eigenvalue weighted by atomic mass is 9.77. The quantitative estimate of drug-likeness (QED) is 0.168. The fourth-order valence-corrected chi connectivity index (χ4v) is 7.26. The van der Waals surface area contributed by atoms with E-state index in [-0.39, 0.29) is 18.3 Å². The second-order valence-electron chi connectivity index (χ2n) is 12.2. The molecule has 1 fully saturated rings. The van der Waals surface area contributed by atoms with Crippen molar-refractivity contribution in [1.82, 2.24) is 0 Å². The van der Waals surface area contributed by atoms with Crippen LogP contribution in [0.5, 0.6) is 0 Å². The standard InChI is InChI=1S/C24H23BO2.C12H9BO2S/c1-23(2)24(3,4)27-25(26-23)16-13-14-21-19-11-6-5-9-17(19)18-10-7-8-12-20(18)22(21)15-16;14-13(15)10-6-3-5-9-8-4-1-2-7-11(8)16-12(9)10/h5-15H,1-4H3;1-7,14-15H. The molecule has 0 bridgehead atoms. The van der Waals surface area contributed by atoms with Crippen molar-refractivity contribution in [3.05, 3.63) is 109 Å². The SMILES string of the molecule is CC1(C)OB(c2ccc3c4ccccc4c4ccccc4c3c2)OC1(C)C.OB(O)c1cccc2c1sc1ccccc12. The normalized spacial score (nSPS) is 15.8. The zero-order valence-corrected chi connectivity index (χ0v) is 25.5. The third-order valence-electron chi connectivity index (χ3n) is 9.01. The molecule has 0 aliphatic carbocycles. The lowest BCUT2D eigenvalue weighted by molar-refractivity contribution is 0.00578. The molecule has 2 heterocycles. The minimum Gasteiger partial charge on any atom is -0.423 e. The number of rotatable bonds is 2. The van der Waals surface area contributed by atoms with Crippen LogP contribution in [0.3, 0.4) is 0 Å². The van der Waals surface area contributed by atoms with E-state index in [1.54, 1.807) is 17.4 Å². The summed E-state index contributed by atoms with van der Waals surface area (Å²) in [5, 5.41) is 28.5. The molecule has 7 heteroatoms. The van der Waals surface area contributed by atoms with Gasteiger partial charge in [-0.05, 0) is 82.4 Å². The number of fused-ring (bicyclic) bond motifs is 9. The van der Waals surface area contributed by atoms with Gasteiger partial charge in [0.15, 0.2) is 0 Å². The summed E-state index contributed by atoms with van der Waals surface area (Å²) in [5.74, 6) is 0. The van der Waals surface area contributed by atoms with E-state index in [4.69, 9.17) is 9.31 Å². The molecule has 0 spiro atoms. The smallest absolute Gasteiger partial charge is 0.423 e. The minimum absolute atomic E-state index is 0.335. The van der Waals surface area contributed by atoms with Gasteiger partial charge < -0.3 is 19.4 Å². The summed E-state index contributed by atoms with van der Waals surface area (Å²) in [6.07, 6.45) is 0. The molecule has 0 atom stereocenters. The Kier molecular flexibility index (Phi) is 6.84. The average molecular weight is 582 g/mol. The summed E-state index contributed by atoms with van der Waals surface area (Å²) < 4.78 is 14.7. The van der Waals surface area contributed by atoms with Crippen LogP contribution in [0.4, 0.5) is 0 Å². The lowest BCUT2D eigenvalue weighted by Gasteiger charge is -2.32. The van der Waals surface area contributed by atoms with Crippen LogP contribution < -0.4 is 10.9 Å². The third kappa shape index (κ3) is 4.73. The van der Waals surface area contributed by atoms with Gasteiger partial charge in [0.1, 0.15) is 0 Å². The summed E-state index contributed by atoms with van der Waals surface area (Å²) in [7, 11) is -1.75. The van der Waals surface area contributed by atoms with Crippen molar-refractivity contribution < 1.29 is 19.4 Å². The highest BCUT2D eigenvalue weighted by atomic mass is 32.1. The molecule has 0 amide bonds. The molecule has 1 aliphatic rings. The monoisotopic (exact) mass is 582 g/mol. The second kappa shape index (κ2) is 10.5. The number of thiophene rings is 1. The molecule has 0 saturated carbocycles. The predicted molar refractivity (Wildman–Crippen MR) is 184 cm³/mol. The van der Waals surface area contributed by atoms with E-state index in [0.717, 1.165) is 15.5 Å². The van der Waals surface area contributed by atoms with Crippen molar-refractivity contribution in [3.8, 4) is 0 Å². The van der Waals surface area contributed by atoms with Gasteiger partial charge in [0, 0.05) is 14.8 Å². The Morgan fingerprint density at radius 1 is 0.558 bits per heavy atom. The molecule has 8 rings (SSSR count). The second-order valence-corrected chi connectivity index (χ2v) is 13.2. The van der Waals surface area contributed by atoms with Gasteiger partial charge in [0.05, 0.1) is 11.2 Å². The highest BCUT2D eigenvalue weighted by molar-refractivity contribution is 7.27. The Morgan fingerprint density at radius 2 is 1.05 bits per heavy atom. The zero-order valence-electron chi connectivity index (χ0n) is 24.7. The van der Waals surface area contributed by atoms with Gasteiger partial charge in [-0.3, -0.25) is 0 Å². The molecule has 4 nitrogen and oxygen atoms in total. The zero-order chi connectivity index (χ0) is 29.9. The van der Waals surface area contributed by atoms with Crippen molar-refractivity contribution in [2.24, 2.45) is 0 Å². The molecule has 6 aromatic carbocycles. The molecular weight excluding hydrogens is 550 g/mol. The third-order valence-corrected chi connectivity index (χ3v) is 10.2. The maximum absolute atomic E-state index is 9.31. The van der Waals surface area contributed by atoms with E-state index in [1.807, 2.05) is 30.3 Å². The van der Waals surface area contributed by atoms with E-state index in [0.29, 0.717) is 5.46 Å². The minimum atomic E-state index is -1.41. The summed E-state index contributed by atoms with van der Waals surface area (Å²) in [4.78, 5) is 0. The van der Waals surface area contributed by atoms with Crippen LogP contribution in [0.25, 0.3) is 52.5 Å². The van der Waals surface area contributed by atoms with Crippen LogP contribution in [-0.4, -0.2) is 35.5 Å². The summed E-state index contributed by atoms with van der Waals surface area (Å²) in [6, 6.07) is 37.6. The molecule has 1 aromatic heterocycles. The summed E-state index contributed by atoms with van der Waals surface area (Å²) in [6.45, 7) is 8.38. The fraction of sp³-hybridized carbons (Fsp3) is 0.167. The van der Waals surface area contributed by atoms with Gasteiger partial charge in [0.25, 0.3) is 0 Å². The molecule has 1 saturated heterocycles. The topological polar surface area (TPSA) is 58.9 Å². The van der Waals surface area contributed by atoms with Crippen LogP contribution >= 0.6 is 11.3 Å². The van der Waals surface area contributed by atoms with Crippen LogP contribution in [0, 0.1) is 0 Å². The molecule has 7 aromatic rings. The Labute approximate surface area is 255 Å². The summed E-state index contributed by atoms with van der Waals surface area (Å²) in [5.41, 5.74) is 0.983. The molecule has 0 radical (unpaired) electrons. The Bertz CT molecular complexity index is 2100. The van der Waals surface area contributed by atoms with E-state index >= 15 is 0 Å². The van der Waals surface area contributed by atoms with Crippen molar-refractivity contribution >= 4 is 89.0 Å². The number of benzene rings is 6. The van der Waals surface area contributed by atoms with Crippen molar-refractivity contribution in [3.63, 3.8) is 0 Å². The van der Waals surface area contributed by atoms with E-state index < -0.39 is 7.12 Å². The number of hydrogen-bond acceptors (Lipinski definition) is 5. The van der Waals surface area contributed by atoms with Gasteiger partial charge in [-0.1, -0.05) is 103 Å². The number of hydrogen-bond donors (Lipinski definition) is 2. The lowest BCUT2D eigenvalue weighted by Crippen LogP contribution is -2.41. The molecule has 43 heavy (non-hydrogen) atoms. The van der Waals surface area contributed by atoms with Crippen LogP contribution in [0.1, 0.15) is 27.7 Å². The molecule has 1 aliphatic heterocycles. The van der Waals surface area contributed by atoms with Gasteiger partial charge in [-0.2, -0.15) is 0 Å². The predicted octanol–water partition coefficient (Wildman–Crippen LogP) is 7.18. The first-order chi connectivity index (χ1) is 20.6. The molecule has 2 N–H and O–H groups in total. The van der Waals surface area contributed by atoms with Crippen LogP contribution in [0.2, 0.25) is 0 Å². The van der Waals surface area contributed by atoms with Gasteiger partial charge >= 0.3 is 14.2 Å². The van der Waals surface area contributed by atoms with Crippen molar-refractivity contribution in [1.29, 1.82) is 0 Å². The summed E-state index contributed by atoms with van der Waals surface area (Å²) >= 11 is 1.60. The van der Waals surface area contributed by atoms with Crippen molar-refractivity contribution in [2.45, 2.75) is 38.9 Å². The van der Waals surface area contributed by atoms with Crippen molar-refractivity contribution in [2.75, 3.05) is 0 Å². The Balaban J connectivity index is 0.000000160. The maximum atomic E-state index is 9.31. The largest absolute Gasteiger partial charge is 0.494 e. The molecule has 0 unspecified atom stereocenters. The van der Waals surface area contributed by atoms with Gasteiger partial charge in [0.2, 0.25) is 0 Å². The Morgan fingerprint density at radius 3 is 1.63 bits per heavy atom. The van der Waals surface area contributed by atoms with E-state index in [2.05, 4.69) is 100 Å². The van der Waals surface area contributed by atoms with E-state index in [9.17, 15) is 10.0 Å². The van der Waals surface area contributed by atoms with Gasteiger partial charge in [-0.25, -0.2) is 0 Å². The first-order valence-corrected chi connectivity index (χ1v) is 15.4. The molecule has 212 valence electrons. The highest BCUT2D eigenvalue weighted by Gasteiger charge is 2.51. The Hall–Kier alpha value is -3.71. The first kappa shape index (κ1) is 28.1. The van der Waals surface area contributed by atoms with Crippen LogP contribution in [0.15, 0.2) is 109 Å². The van der Waals surface area contributed by atoms with Crippen LogP contribution in [-0.2, 0) is 9.31 Å². The molecular formula is C36H32B2O4S. The average Bonchev–Trinajstić information content (AvgIpc) is 3.50. The van der Waals surface area contributed by atoms with E-state index in [1.165, 1.54) is 42.4 Å².